The van der Waals surface area contributed by atoms with E-state index in [0.717, 1.165) is 12.5 Å². The second-order valence-corrected chi connectivity index (χ2v) is 9.11. The molecule has 0 unspecified atom stereocenters. The Kier molecular flexibility index (Phi) is 3.89. The van der Waals surface area contributed by atoms with Crippen molar-refractivity contribution >= 4 is 30.1 Å². The van der Waals surface area contributed by atoms with E-state index in [0.29, 0.717) is 0 Å². The molecule has 1 saturated heterocycles. The third-order valence-corrected chi connectivity index (χ3v) is 4.71. The summed E-state index contributed by atoms with van der Waals surface area (Å²) in [6.07, 6.45) is -1.17. The molecule has 8 nitrogen and oxygen atoms in total. The monoisotopic (exact) mass is 308 g/mol. The first kappa shape index (κ1) is 14.8. The van der Waals surface area contributed by atoms with E-state index >= 15 is 0 Å². The highest BCUT2D eigenvalue weighted by molar-refractivity contribution is 7.92. The van der Waals surface area contributed by atoms with Gasteiger partial charge in [-0.15, -0.1) is 0 Å². The molecule has 0 N–H and O–H groups in total. The molecule has 0 radical (unpaired) electrons. The summed E-state index contributed by atoms with van der Waals surface area (Å²) in [6, 6.07) is 0. The largest absolute Gasteiger partial charge is 0.264 e. The van der Waals surface area contributed by atoms with Crippen molar-refractivity contribution in [2.75, 3.05) is 24.0 Å². The molecule has 11 heteroatoms. The molecule has 1 aliphatic rings. The number of sulfone groups is 1. The molecule has 2 atom stereocenters. The summed E-state index contributed by atoms with van der Waals surface area (Å²) in [5, 5.41) is 0. The molecule has 1 aliphatic heterocycles. The summed E-state index contributed by atoms with van der Waals surface area (Å²) in [5.41, 5.74) is 0. The first-order valence-corrected chi connectivity index (χ1v) is 9.80. The van der Waals surface area contributed by atoms with E-state index in [1.807, 2.05) is 0 Å². The van der Waals surface area contributed by atoms with Crippen molar-refractivity contribution < 1.29 is 33.6 Å². The predicted octanol–water partition coefficient (Wildman–Crippen LogP) is -1.90. The van der Waals surface area contributed by atoms with Crippen LogP contribution in [0.1, 0.15) is 0 Å². The third kappa shape index (κ3) is 5.29. The van der Waals surface area contributed by atoms with Crippen molar-refractivity contribution in [3.8, 4) is 0 Å². The molecule has 1 rings (SSSR count). The van der Waals surface area contributed by atoms with Gasteiger partial charge < -0.3 is 0 Å². The Labute approximate surface area is 100 Å². The molecule has 0 aromatic rings. The summed E-state index contributed by atoms with van der Waals surface area (Å²) in [6.45, 7) is 0. The maximum Gasteiger partial charge on any atom is 0.264 e. The predicted molar refractivity (Wildman–Crippen MR) is 58.1 cm³/mol. The van der Waals surface area contributed by atoms with E-state index < -0.39 is 53.8 Å². The molecule has 0 aromatic carbocycles. The van der Waals surface area contributed by atoms with E-state index in [-0.39, 0.29) is 0 Å². The quantitative estimate of drug-likeness (QED) is 0.552. The van der Waals surface area contributed by atoms with Gasteiger partial charge >= 0.3 is 0 Å². The fourth-order valence-corrected chi connectivity index (χ4v) is 4.57. The van der Waals surface area contributed by atoms with E-state index in [1.165, 1.54) is 0 Å². The van der Waals surface area contributed by atoms with E-state index in [2.05, 4.69) is 8.37 Å². The van der Waals surface area contributed by atoms with Crippen molar-refractivity contribution in [3.63, 3.8) is 0 Å². The lowest BCUT2D eigenvalue weighted by molar-refractivity contribution is 0.102. The number of hydrogen-bond acceptors (Lipinski definition) is 8. The molecule has 1 heterocycles. The summed E-state index contributed by atoms with van der Waals surface area (Å²) in [5.74, 6) is -1.17. The SMILES string of the molecule is CS(=O)(=O)O[C@H]1CS(=O)(=O)C[C@@H]1OS(C)(=O)=O. The van der Waals surface area contributed by atoms with Crippen LogP contribution in [-0.4, -0.2) is 61.5 Å². The van der Waals surface area contributed by atoms with Crippen molar-refractivity contribution in [1.29, 1.82) is 0 Å². The molecule has 0 spiro atoms. The minimum Gasteiger partial charge on any atom is -0.263 e. The second-order valence-electron chi connectivity index (χ2n) is 3.75. The first-order chi connectivity index (χ1) is 7.38. The van der Waals surface area contributed by atoms with Crippen molar-refractivity contribution in [3.05, 3.63) is 0 Å². The highest BCUT2D eigenvalue weighted by atomic mass is 32.2. The van der Waals surface area contributed by atoms with Crippen LogP contribution in [-0.2, 0) is 38.4 Å². The Morgan fingerprint density at radius 1 is 0.882 bits per heavy atom. The van der Waals surface area contributed by atoms with Crippen molar-refractivity contribution in [1.82, 2.24) is 0 Å². The molecule has 1 fully saturated rings. The zero-order chi connectivity index (χ0) is 13.5. The van der Waals surface area contributed by atoms with Crippen LogP contribution in [0.4, 0.5) is 0 Å². The lowest BCUT2D eigenvalue weighted by Gasteiger charge is -2.15. The van der Waals surface area contributed by atoms with Crippen LogP contribution in [0, 0.1) is 0 Å². The molecule has 0 aliphatic carbocycles. The van der Waals surface area contributed by atoms with Gasteiger partial charge in [-0.2, -0.15) is 16.8 Å². The van der Waals surface area contributed by atoms with Gasteiger partial charge in [0.05, 0.1) is 24.0 Å². The first-order valence-electron chi connectivity index (χ1n) is 4.35. The van der Waals surface area contributed by atoms with E-state index in [1.54, 1.807) is 0 Å². The Morgan fingerprint density at radius 2 is 1.18 bits per heavy atom. The molecule has 0 aromatic heterocycles. The molecule has 102 valence electrons. The smallest absolute Gasteiger partial charge is 0.263 e. The Morgan fingerprint density at radius 3 is 1.41 bits per heavy atom. The zero-order valence-corrected chi connectivity index (χ0v) is 11.5. The normalized spacial score (nSPS) is 29.3. The van der Waals surface area contributed by atoms with Crippen LogP contribution in [0.15, 0.2) is 0 Å². The van der Waals surface area contributed by atoms with Crippen LogP contribution < -0.4 is 0 Å². The van der Waals surface area contributed by atoms with Crippen LogP contribution in [0.2, 0.25) is 0 Å². The molecular weight excluding hydrogens is 296 g/mol. The Bertz CT molecular complexity index is 535. The van der Waals surface area contributed by atoms with Gasteiger partial charge in [0.2, 0.25) is 0 Å². The third-order valence-electron chi connectivity index (χ3n) is 1.85. The fraction of sp³-hybridized carbons (Fsp3) is 1.00. The van der Waals surface area contributed by atoms with Gasteiger partial charge in [0, 0.05) is 0 Å². The lowest BCUT2D eigenvalue weighted by atomic mass is 10.3. The zero-order valence-electron chi connectivity index (χ0n) is 9.06. The van der Waals surface area contributed by atoms with Gasteiger partial charge in [-0.25, -0.2) is 8.42 Å². The standard InChI is InChI=1S/C6H12O8S3/c1-15(7,8)13-5-3-17(11,12)4-6(5)14-16(2,9)10/h5-6H,3-4H2,1-2H3/t5-,6-/m0/s1. The van der Waals surface area contributed by atoms with Gasteiger partial charge in [0.1, 0.15) is 12.2 Å². The van der Waals surface area contributed by atoms with Crippen molar-refractivity contribution in [2.45, 2.75) is 12.2 Å². The fourth-order valence-electron chi connectivity index (χ4n) is 1.41. The Balaban J connectivity index is 2.94. The van der Waals surface area contributed by atoms with Gasteiger partial charge in [-0.05, 0) is 0 Å². The van der Waals surface area contributed by atoms with E-state index in [9.17, 15) is 25.3 Å². The topological polar surface area (TPSA) is 121 Å². The number of hydrogen-bond donors (Lipinski definition) is 0. The summed E-state index contributed by atoms with van der Waals surface area (Å²) < 4.78 is 75.1. The van der Waals surface area contributed by atoms with Crippen LogP contribution >= 0.6 is 0 Å². The molecule has 0 amide bonds. The minimum absolute atomic E-state index is 0.583. The average molecular weight is 308 g/mol. The minimum atomic E-state index is -3.89. The highest BCUT2D eigenvalue weighted by Gasteiger charge is 2.43. The van der Waals surface area contributed by atoms with Gasteiger partial charge in [-0.3, -0.25) is 8.37 Å². The number of rotatable bonds is 4. The van der Waals surface area contributed by atoms with Gasteiger partial charge in [0.15, 0.2) is 9.84 Å². The van der Waals surface area contributed by atoms with Crippen LogP contribution in [0.3, 0.4) is 0 Å². The summed E-state index contributed by atoms with van der Waals surface area (Å²) in [7, 11) is -11.3. The highest BCUT2D eigenvalue weighted by Crippen LogP contribution is 2.21. The van der Waals surface area contributed by atoms with Crippen LogP contribution in [0.25, 0.3) is 0 Å². The lowest BCUT2D eigenvalue weighted by Crippen LogP contribution is -2.33. The maximum absolute atomic E-state index is 11.3. The molecule has 17 heavy (non-hydrogen) atoms. The van der Waals surface area contributed by atoms with Gasteiger partial charge in [0.25, 0.3) is 20.2 Å². The summed E-state index contributed by atoms with van der Waals surface area (Å²) >= 11 is 0. The van der Waals surface area contributed by atoms with Crippen LogP contribution in [0.5, 0.6) is 0 Å². The van der Waals surface area contributed by atoms with Crippen molar-refractivity contribution in [2.24, 2.45) is 0 Å². The van der Waals surface area contributed by atoms with E-state index in [4.69, 9.17) is 0 Å². The molecular formula is C6H12O8S3. The molecule has 0 bridgehead atoms. The Hall–Kier alpha value is -0.230. The van der Waals surface area contributed by atoms with Gasteiger partial charge in [-0.1, -0.05) is 0 Å². The summed E-state index contributed by atoms with van der Waals surface area (Å²) in [4.78, 5) is 0. The average Bonchev–Trinajstić information content (AvgIpc) is 2.17. The second kappa shape index (κ2) is 4.46. The molecule has 0 saturated carbocycles. The maximum atomic E-state index is 11.3.